The van der Waals surface area contributed by atoms with E-state index in [1.807, 2.05) is 6.92 Å². The number of rotatable bonds is 4. The molecule has 0 saturated carbocycles. The molecule has 0 amide bonds. The van der Waals surface area contributed by atoms with E-state index in [9.17, 15) is 23.1 Å². The quantitative estimate of drug-likeness (QED) is 0.786. The Labute approximate surface area is 130 Å². The zero-order valence-electron chi connectivity index (χ0n) is 11.6. The van der Waals surface area contributed by atoms with Gasteiger partial charge in [0.1, 0.15) is 0 Å². The molecule has 0 atom stereocenters. The van der Waals surface area contributed by atoms with Crippen molar-refractivity contribution in [2.45, 2.75) is 18.0 Å². The van der Waals surface area contributed by atoms with Gasteiger partial charge in [0, 0.05) is 4.90 Å². The number of alkyl halides is 3. The molecule has 0 aliphatic heterocycles. The molecule has 0 bridgehead atoms. The van der Waals surface area contributed by atoms with Gasteiger partial charge in [-0.05, 0) is 41.1 Å². The number of hydrogen-bond donors (Lipinski definition) is 1. The summed E-state index contributed by atoms with van der Waals surface area (Å²) in [5, 5.41) is 9.25. The molecule has 0 radical (unpaired) electrons. The van der Waals surface area contributed by atoms with Crippen molar-refractivity contribution >= 4 is 17.7 Å². The lowest BCUT2D eigenvalue weighted by atomic mass is 10.0. The van der Waals surface area contributed by atoms with Crippen molar-refractivity contribution < 1.29 is 23.1 Å². The van der Waals surface area contributed by atoms with Gasteiger partial charge in [0.25, 0.3) is 0 Å². The molecule has 2 aromatic rings. The first-order valence-corrected chi connectivity index (χ1v) is 7.49. The smallest absolute Gasteiger partial charge is 0.416 e. The van der Waals surface area contributed by atoms with Crippen LogP contribution in [-0.4, -0.2) is 16.8 Å². The van der Waals surface area contributed by atoms with Crippen LogP contribution in [0.4, 0.5) is 13.2 Å². The number of carboxylic acid groups (broad SMARTS) is 1. The third-order valence-electron chi connectivity index (χ3n) is 3.06. The van der Waals surface area contributed by atoms with Crippen molar-refractivity contribution in [1.82, 2.24) is 0 Å². The van der Waals surface area contributed by atoms with Crippen LogP contribution in [0.15, 0.2) is 47.4 Å². The van der Waals surface area contributed by atoms with Crippen molar-refractivity contribution in [3.63, 3.8) is 0 Å². The molecular formula is C16H13F3O2S. The molecule has 6 heteroatoms. The molecule has 1 N–H and O–H groups in total. The summed E-state index contributed by atoms with van der Waals surface area (Å²) in [6, 6.07) is 9.56. The summed E-state index contributed by atoms with van der Waals surface area (Å²) in [6.07, 6.45) is -4.38. The number of halogens is 3. The van der Waals surface area contributed by atoms with Crippen LogP contribution >= 0.6 is 11.8 Å². The monoisotopic (exact) mass is 326 g/mol. The molecule has 0 unspecified atom stereocenters. The van der Waals surface area contributed by atoms with Crippen LogP contribution in [-0.2, 0) is 6.18 Å². The van der Waals surface area contributed by atoms with Crippen molar-refractivity contribution in [2.24, 2.45) is 0 Å². The number of benzene rings is 2. The van der Waals surface area contributed by atoms with Gasteiger partial charge in [-0.3, -0.25) is 0 Å². The Morgan fingerprint density at radius 2 is 1.68 bits per heavy atom. The largest absolute Gasteiger partial charge is 0.478 e. The van der Waals surface area contributed by atoms with E-state index in [0.717, 1.165) is 17.9 Å². The van der Waals surface area contributed by atoms with Gasteiger partial charge in [-0.25, -0.2) is 4.79 Å². The fraction of sp³-hybridized carbons (Fsp3) is 0.188. The van der Waals surface area contributed by atoms with E-state index in [0.29, 0.717) is 16.0 Å². The van der Waals surface area contributed by atoms with Gasteiger partial charge in [0.15, 0.2) is 0 Å². The second-order valence-electron chi connectivity index (χ2n) is 4.52. The van der Waals surface area contributed by atoms with Crippen molar-refractivity contribution in [3.05, 3.63) is 53.6 Å². The molecule has 22 heavy (non-hydrogen) atoms. The Balaban J connectivity index is 2.40. The Kier molecular flexibility index (Phi) is 4.81. The Hall–Kier alpha value is -1.95. The predicted octanol–water partition coefficient (Wildman–Crippen LogP) is 5.18. The lowest BCUT2D eigenvalue weighted by molar-refractivity contribution is -0.137. The van der Waals surface area contributed by atoms with Gasteiger partial charge in [-0.15, -0.1) is 11.8 Å². The first-order valence-electron chi connectivity index (χ1n) is 6.50. The minimum atomic E-state index is -4.38. The van der Waals surface area contributed by atoms with Crippen molar-refractivity contribution in [3.8, 4) is 11.1 Å². The molecule has 0 saturated heterocycles. The van der Waals surface area contributed by atoms with Gasteiger partial charge in [-0.1, -0.05) is 25.1 Å². The van der Waals surface area contributed by atoms with Crippen LogP contribution in [0.5, 0.6) is 0 Å². The minimum absolute atomic E-state index is 0.157. The molecule has 2 nitrogen and oxygen atoms in total. The molecule has 0 aliphatic carbocycles. The first kappa shape index (κ1) is 16.4. The van der Waals surface area contributed by atoms with E-state index in [1.54, 1.807) is 12.1 Å². The molecule has 0 spiro atoms. The van der Waals surface area contributed by atoms with Gasteiger partial charge in [0.2, 0.25) is 0 Å². The van der Waals surface area contributed by atoms with Crippen LogP contribution in [0.1, 0.15) is 22.8 Å². The highest BCUT2D eigenvalue weighted by Crippen LogP contribution is 2.32. The molecular weight excluding hydrogens is 313 g/mol. The van der Waals surface area contributed by atoms with Crippen LogP contribution in [0.3, 0.4) is 0 Å². The van der Waals surface area contributed by atoms with Crippen LogP contribution < -0.4 is 0 Å². The summed E-state index contributed by atoms with van der Waals surface area (Å²) in [4.78, 5) is 11.9. The normalized spacial score (nSPS) is 11.5. The van der Waals surface area contributed by atoms with E-state index >= 15 is 0 Å². The summed E-state index contributed by atoms with van der Waals surface area (Å²) in [6.45, 7) is 1.92. The Morgan fingerprint density at radius 3 is 2.18 bits per heavy atom. The summed E-state index contributed by atoms with van der Waals surface area (Å²) < 4.78 is 37.6. The zero-order chi connectivity index (χ0) is 16.3. The fourth-order valence-corrected chi connectivity index (χ4v) is 2.79. The second-order valence-corrected chi connectivity index (χ2v) is 5.83. The van der Waals surface area contributed by atoms with Gasteiger partial charge >= 0.3 is 12.1 Å². The standard InChI is InChI=1S/C16H13F3O2S/c1-2-22-14-8-5-11(9-13(14)15(20)21)10-3-6-12(7-4-10)16(17,18)19/h3-9H,2H2,1H3,(H,20,21). The van der Waals surface area contributed by atoms with E-state index in [2.05, 4.69) is 0 Å². The maximum absolute atomic E-state index is 12.5. The lowest BCUT2D eigenvalue weighted by Crippen LogP contribution is -2.04. The highest BCUT2D eigenvalue weighted by atomic mass is 32.2. The summed E-state index contributed by atoms with van der Waals surface area (Å²) in [5.41, 5.74) is 0.548. The zero-order valence-corrected chi connectivity index (χ0v) is 12.5. The van der Waals surface area contributed by atoms with Crippen molar-refractivity contribution in [2.75, 3.05) is 5.75 Å². The topological polar surface area (TPSA) is 37.3 Å². The van der Waals surface area contributed by atoms with E-state index < -0.39 is 17.7 Å². The van der Waals surface area contributed by atoms with Crippen molar-refractivity contribution in [1.29, 1.82) is 0 Å². The number of hydrogen-bond acceptors (Lipinski definition) is 2. The molecule has 0 aromatic heterocycles. The van der Waals surface area contributed by atoms with Crippen LogP contribution in [0, 0.1) is 0 Å². The van der Waals surface area contributed by atoms with E-state index in [-0.39, 0.29) is 5.56 Å². The highest BCUT2D eigenvalue weighted by Gasteiger charge is 2.30. The predicted molar refractivity (Wildman–Crippen MR) is 80.2 cm³/mol. The Bertz CT molecular complexity index is 679. The summed E-state index contributed by atoms with van der Waals surface area (Å²) >= 11 is 1.41. The molecule has 0 heterocycles. The molecule has 2 rings (SSSR count). The van der Waals surface area contributed by atoms with Gasteiger partial charge < -0.3 is 5.11 Å². The number of aromatic carboxylic acids is 1. The average molecular weight is 326 g/mol. The second kappa shape index (κ2) is 6.44. The maximum Gasteiger partial charge on any atom is 0.416 e. The highest BCUT2D eigenvalue weighted by molar-refractivity contribution is 7.99. The SMILES string of the molecule is CCSc1ccc(-c2ccc(C(F)(F)F)cc2)cc1C(=O)O. The fourth-order valence-electron chi connectivity index (χ4n) is 2.01. The number of carboxylic acids is 1. The summed E-state index contributed by atoms with van der Waals surface area (Å²) in [5.74, 6) is -0.315. The number of carbonyl (C=O) groups is 1. The van der Waals surface area contributed by atoms with Crippen LogP contribution in [0.2, 0.25) is 0 Å². The third-order valence-corrected chi connectivity index (χ3v) is 4.01. The van der Waals surface area contributed by atoms with E-state index in [4.69, 9.17) is 0 Å². The van der Waals surface area contributed by atoms with E-state index in [1.165, 1.54) is 30.0 Å². The van der Waals surface area contributed by atoms with Gasteiger partial charge in [-0.2, -0.15) is 13.2 Å². The number of thioether (sulfide) groups is 1. The lowest BCUT2D eigenvalue weighted by Gasteiger charge is -2.10. The van der Waals surface area contributed by atoms with Gasteiger partial charge in [0.05, 0.1) is 11.1 Å². The Morgan fingerprint density at radius 1 is 1.09 bits per heavy atom. The molecule has 0 aliphatic rings. The summed E-state index contributed by atoms with van der Waals surface area (Å²) in [7, 11) is 0. The average Bonchev–Trinajstić information content (AvgIpc) is 2.47. The third kappa shape index (κ3) is 3.62. The molecule has 0 fully saturated rings. The van der Waals surface area contributed by atoms with Crippen LogP contribution in [0.25, 0.3) is 11.1 Å². The molecule has 2 aromatic carbocycles. The minimum Gasteiger partial charge on any atom is -0.478 e. The maximum atomic E-state index is 12.5. The molecule has 116 valence electrons. The first-order chi connectivity index (χ1) is 10.3.